The zero-order valence-electron chi connectivity index (χ0n) is 15.0. The maximum atomic E-state index is 12.9. The van der Waals surface area contributed by atoms with Crippen molar-refractivity contribution in [3.05, 3.63) is 90.2 Å². The molecule has 4 aromatic rings. The summed E-state index contributed by atoms with van der Waals surface area (Å²) in [5.41, 5.74) is 1.45. The molecule has 28 heavy (non-hydrogen) atoms. The Kier molecular flexibility index (Phi) is 4.64. The number of rotatable bonds is 5. The van der Waals surface area contributed by atoms with E-state index in [2.05, 4.69) is 0 Å². The van der Waals surface area contributed by atoms with Gasteiger partial charge in [-0.25, -0.2) is 0 Å². The summed E-state index contributed by atoms with van der Waals surface area (Å²) in [5.74, 6) is 1.11. The Bertz CT molecular complexity index is 1140. The molecule has 0 N–H and O–H groups in total. The van der Waals surface area contributed by atoms with Crippen molar-refractivity contribution in [3.8, 4) is 17.2 Å². The van der Waals surface area contributed by atoms with Gasteiger partial charge in [0.05, 0.1) is 5.56 Å². The van der Waals surface area contributed by atoms with Gasteiger partial charge in [0.2, 0.25) is 0 Å². The SMILES string of the molecule is CC(=O)Oc1ccc2occ(C(=O)c3ccc(Oc4ccccc4)cc3)c2c1. The zero-order chi connectivity index (χ0) is 19.5. The van der Waals surface area contributed by atoms with E-state index in [-0.39, 0.29) is 5.78 Å². The molecular weight excluding hydrogens is 356 g/mol. The molecule has 5 nitrogen and oxygen atoms in total. The lowest BCUT2D eigenvalue weighted by Crippen LogP contribution is -2.02. The van der Waals surface area contributed by atoms with Crippen LogP contribution in [-0.4, -0.2) is 11.8 Å². The molecule has 0 amide bonds. The molecule has 0 fully saturated rings. The van der Waals surface area contributed by atoms with E-state index in [4.69, 9.17) is 13.9 Å². The summed E-state index contributed by atoms with van der Waals surface area (Å²) < 4.78 is 16.3. The van der Waals surface area contributed by atoms with Crippen molar-refractivity contribution in [1.82, 2.24) is 0 Å². The average molecular weight is 372 g/mol. The first-order valence-corrected chi connectivity index (χ1v) is 8.67. The number of hydrogen-bond donors (Lipinski definition) is 0. The van der Waals surface area contributed by atoms with Crippen LogP contribution in [0, 0.1) is 0 Å². The summed E-state index contributed by atoms with van der Waals surface area (Å²) in [6, 6.07) is 21.2. The van der Waals surface area contributed by atoms with Gasteiger partial charge < -0.3 is 13.9 Å². The molecule has 0 atom stereocenters. The lowest BCUT2D eigenvalue weighted by molar-refractivity contribution is -0.131. The molecule has 1 aromatic heterocycles. The van der Waals surface area contributed by atoms with Gasteiger partial charge in [-0.15, -0.1) is 0 Å². The number of ketones is 1. The van der Waals surface area contributed by atoms with Crippen LogP contribution in [-0.2, 0) is 4.79 Å². The number of hydrogen-bond acceptors (Lipinski definition) is 5. The van der Waals surface area contributed by atoms with Gasteiger partial charge in [0.1, 0.15) is 29.1 Å². The second-order valence-electron chi connectivity index (χ2n) is 6.17. The van der Waals surface area contributed by atoms with Crippen LogP contribution in [0.5, 0.6) is 17.2 Å². The average Bonchev–Trinajstić information content (AvgIpc) is 3.11. The predicted octanol–water partition coefficient (Wildman–Crippen LogP) is 5.38. The molecule has 0 bridgehead atoms. The lowest BCUT2D eigenvalue weighted by atomic mass is 10.0. The van der Waals surface area contributed by atoms with Crippen LogP contribution >= 0.6 is 0 Å². The van der Waals surface area contributed by atoms with E-state index in [1.54, 1.807) is 42.5 Å². The quantitative estimate of drug-likeness (QED) is 0.267. The molecule has 0 unspecified atom stereocenters. The molecule has 0 aliphatic carbocycles. The first kappa shape index (κ1) is 17.5. The number of furan rings is 1. The number of carbonyl (C=O) groups excluding carboxylic acids is 2. The Balaban J connectivity index is 1.59. The highest BCUT2D eigenvalue weighted by Gasteiger charge is 2.17. The van der Waals surface area contributed by atoms with Crippen LogP contribution in [0.3, 0.4) is 0 Å². The van der Waals surface area contributed by atoms with E-state index in [9.17, 15) is 9.59 Å². The lowest BCUT2D eigenvalue weighted by Gasteiger charge is -2.06. The number of esters is 1. The van der Waals surface area contributed by atoms with Gasteiger partial charge >= 0.3 is 5.97 Å². The largest absolute Gasteiger partial charge is 0.464 e. The van der Waals surface area contributed by atoms with E-state index >= 15 is 0 Å². The fourth-order valence-corrected chi connectivity index (χ4v) is 2.87. The Hall–Kier alpha value is -3.86. The van der Waals surface area contributed by atoms with E-state index in [0.29, 0.717) is 33.6 Å². The van der Waals surface area contributed by atoms with Crippen LogP contribution in [0.4, 0.5) is 0 Å². The monoisotopic (exact) mass is 372 g/mol. The van der Waals surface area contributed by atoms with Crippen molar-refractivity contribution in [2.75, 3.05) is 0 Å². The molecule has 0 aliphatic rings. The summed E-state index contributed by atoms with van der Waals surface area (Å²) in [7, 11) is 0. The van der Waals surface area contributed by atoms with Gasteiger partial charge in [0.25, 0.3) is 0 Å². The molecule has 0 saturated carbocycles. The molecular formula is C23H16O5. The van der Waals surface area contributed by atoms with Gasteiger partial charge in [-0.3, -0.25) is 9.59 Å². The third kappa shape index (κ3) is 3.64. The van der Waals surface area contributed by atoms with E-state index in [1.807, 2.05) is 30.3 Å². The van der Waals surface area contributed by atoms with Gasteiger partial charge in [-0.1, -0.05) is 18.2 Å². The topological polar surface area (TPSA) is 65.7 Å². The Morgan fingerprint density at radius 2 is 1.50 bits per heavy atom. The Morgan fingerprint density at radius 3 is 2.21 bits per heavy atom. The Morgan fingerprint density at radius 1 is 0.821 bits per heavy atom. The standard InChI is InChI=1S/C23H16O5/c1-15(24)27-19-11-12-22-20(13-19)21(14-26-22)23(25)16-7-9-18(10-8-16)28-17-5-3-2-4-6-17/h2-14H,1H3. The summed E-state index contributed by atoms with van der Waals surface area (Å²) >= 11 is 0. The first-order chi connectivity index (χ1) is 13.6. The fourth-order valence-electron chi connectivity index (χ4n) is 2.87. The summed E-state index contributed by atoms with van der Waals surface area (Å²) in [6.45, 7) is 1.32. The molecule has 0 radical (unpaired) electrons. The Labute approximate surface area is 161 Å². The minimum Gasteiger partial charge on any atom is -0.464 e. The molecule has 1 heterocycles. The minimum absolute atomic E-state index is 0.190. The molecule has 0 saturated heterocycles. The maximum Gasteiger partial charge on any atom is 0.308 e. The number of para-hydroxylation sites is 1. The summed E-state index contributed by atoms with van der Waals surface area (Å²) in [4.78, 5) is 24.1. The van der Waals surface area contributed by atoms with Crippen molar-refractivity contribution < 1.29 is 23.5 Å². The number of benzene rings is 3. The smallest absolute Gasteiger partial charge is 0.308 e. The highest BCUT2D eigenvalue weighted by Crippen LogP contribution is 2.28. The molecule has 0 aliphatic heterocycles. The van der Waals surface area contributed by atoms with Crippen molar-refractivity contribution in [2.45, 2.75) is 6.92 Å². The highest BCUT2D eigenvalue weighted by molar-refractivity contribution is 6.16. The van der Waals surface area contributed by atoms with Crippen molar-refractivity contribution in [2.24, 2.45) is 0 Å². The second kappa shape index (κ2) is 7.40. The molecule has 5 heteroatoms. The third-order valence-electron chi connectivity index (χ3n) is 4.15. The van der Waals surface area contributed by atoms with E-state index < -0.39 is 5.97 Å². The summed E-state index contributed by atoms with van der Waals surface area (Å²) in [5, 5.41) is 0.591. The van der Waals surface area contributed by atoms with Crippen molar-refractivity contribution in [1.29, 1.82) is 0 Å². The molecule has 3 aromatic carbocycles. The maximum absolute atomic E-state index is 12.9. The van der Waals surface area contributed by atoms with Crippen LogP contribution in [0.15, 0.2) is 83.5 Å². The third-order valence-corrected chi connectivity index (χ3v) is 4.15. The van der Waals surface area contributed by atoms with Crippen LogP contribution in [0.25, 0.3) is 11.0 Å². The van der Waals surface area contributed by atoms with Crippen molar-refractivity contribution >= 4 is 22.7 Å². The first-order valence-electron chi connectivity index (χ1n) is 8.67. The van der Waals surface area contributed by atoms with Crippen LogP contribution < -0.4 is 9.47 Å². The predicted molar refractivity (Wildman–Crippen MR) is 104 cm³/mol. The summed E-state index contributed by atoms with van der Waals surface area (Å²) in [6.07, 6.45) is 1.42. The van der Waals surface area contributed by atoms with Gasteiger partial charge in [-0.05, 0) is 54.6 Å². The number of fused-ring (bicyclic) bond motifs is 1. The van der Waals surface area contributed by atoms with Gasteiger partial charge in [-0.2, -0.15) is 0 Å². The van der Waals surface area contributed by atoms with Crippen LogP contribution in [0.2, 0.25) is 0 Å². The highest BCUT2D eigenvalue weighted by atomic mass is 16.5. The second-order valence-corrected chi connectivity index (χ2v) is 6.17. The molecule has 4 rings (SSSR count). The van der Waals surface area contributed by atoms with Crippen molar-refractivity contribution in [3.63, 3.8) is 0 Å². The van der Waals surface area contributed by atoms with Gasteiger partial charge in [0.15, 0.2) is 5.78 Å². The van der Waals surface area contributed by atoms with Crippen LogP contribution in [0.1, 0.15) is 22.8 Å². The van der Waals surface area contributed by atoms with E-state index in [0.717, 1.165) is 5.75 Å². The molecule has 138 valence electrons. The molecule has 0 spiro atoms. The normalized spacial score (nSPS) is 10.6. The van der Waals surface area contributed by atoms with Gasteiger partial charge in [0, 0.05) is 17.9 Å². The minimum atomic E-state index is -0.426. The van der Waals surface area contributed by atoms with E-state index in [1.165, 1.54) is 13.2 Å². The number of carbonyl (C=O) groups is 2. The zero-order valence-corrected chi connectivity index (χ0v) is 15.0. The number of ether oxygens (including phenoxy) is 2. The fraction of sp³-hybridized carbons (Fsp3) is 0.0435.